The van der Waals surface area contributed by atoms with Gasteiger partial charge in [-0.3, -0.25) is 0 Å². The number of hydrogen-bond donors (Lipinski definition) is 0. The molecule has 0 radical (unpaired) electrons. The van der Waals surface area contributed by atoms with Gasteiger partial charge in [0.2, 0.25) is 0 Å². The lowest BCUT2D eigenvalue weighted by atomic mass is 9.91. The van der Waals surface area contributed by atoms with Crippen molar-refractivity contribution >= 4 is 22.5 Å². The van der Waals surface area contributed by atoms with E-state index in [4.69, 9.17) is 0 Å². The lowest BCUT2D eigenvalue weighted by molar-refractivity contribution is 0.866. The van der Waals surface area contributed by atoms with Crippen LogP contribution in [0.4, 0.5) is 11.4 Å². The molecule has 42 heavy (non-hydrogen) atoms. The Morgan fingerprint density at radius 1 is 0.429 bits per heavy atom. The summed E-state index contributed by atoms with van der Waals surface area (Å²) in [4.78, 5) is 4.79. The molecule has 0 aliphatic carbocycles. The fraction of sp³-hybridized carbons (Fsp3) is 0.300. The highest BCUT2D eigenvalue weighted by atomic mass is 15.1. The molecule has 0 aliphatic rings. The number of aryl methyl sites for hydroxylation is 4. The fourth-order valence-corrected chi connectivity index (χ4v) is 6.03. The van der Waals surface area contributed by atoms with E-state index in [-0.39, 0.29) is 0 Å². The van der Waals surface area contributed by atoms with Gasteiger partial charge in [-0.25, -0.2) is 0 Å². The van der Waals surface area contributed by atoms with E-state index in [2.05, 4.69) is 162 Å². The lowest BCUT2D eigenvalue weighted by Gasteiger charge is -2.22. The number of nitrogens with zero attached hydrogens (tertiary/aromatic N) is 2. The predicted molar refractivity (Wildman–Crippen MR) is 186 cm³/mol. The van der Waals surface area contributed by atoms with E-state index in [1.807, 2.05) is 0 Å². The smallest absolute Gasteiger partial charge is 0.0366 e. The van der Waals surface area contributed by atoms with E-state index in [0.717, 1.165) is 26.2 Å². The number of anilines is 2. The molecular weight excluding hydrogens is 508 g/mol. The molecule has 0 aliphatic heterocycles. The molecule has 0 saturated heterocycles. The molecule has 0 fully saturated rings. The van der Waals surface area contributed by atoms with Gasteiger partial charge in [-0.15, -0.1) is 0 Å². The van der Waals surface area contributed by atoms with Crippen LogP contribution in [0.3, 0.4) is 0 Å². The summed E-state index contributed by atoms with van der Waals surface area (Å²) in [5.41, 5.74) is 15.1. The molecule has 0 saturated carbocycles. The van der Waals surface area contributed by atoms with Gasteiger partial charge < -0.3 is 9.80 Å². The van der Waals surface area contributed by atoms with E-state index in [0.29, 0.717) is 0 Å². The van der Waals surface area contributed by atoms with Crippen LogP contribution in [-0.2, 0) is 0 Å². The third-order valence-electron chi connectivity index (χ3n) is 8.10. The second-order valence-electron chi connectivity index (χ2n) is 11.4. The zero-order valence-electron chi connectivity index (χ0n) is 27.0. The van der Waals surface area contributed by atoms with Crippen molar-refractivity contribution in [3.8, 4) is 0 Å². The molecule has 0 spiro atoms. The van der Waals surface area contributed by atoms with Crippen LogP contribution < -0.4 is 9.80 Å². The van der Waals surface area contributed by atoms with Crippen LogP contribution in [-0.4, -0.2) is 26.2 Å². The Labute approximate surface area is 255 Å². The van der Waals surface area contributed by atoms with Crippen LogP contribution in [0.1, 0.15) is 72.2 Å². The zero-order valence-corrected chi connectivity index (χ0v) is 27.0. The monoisotopic (exact) mass is 556 g/mol. The summed E-state index contributed by atoms with van der Waals surface area (Å²) in [6, 6.07) is 31.9. The maximum Gasteiger partial charge on any atom is 0.0366 e. The summed E-state index contributed by atoms with van der Waals surface area (Å²) in [6.07, 6.45) is 4.65. The van der Waals surface area contributed by atoms with Crippen LogP contribution in [0.2, 0.25) is 0 Å². The molecule has 0 N–H and O–H groups in total. The minimum Gasteiger partial charge on any atom is -0.372 e. The largest absolute Gasteiger partial charge is 0.372 e. The van der Waals surface area contributed by atoms with Gasteiger partial charge in [-0.1, -0.05) is 95.1 Å². The van der Waals surface area contributed by atoms with Gasteiger partial charge in [0.15, 0.2) is 0 Å². The van der Waals surface area contributed by atoms with Crippen molar-refractivity contribution in [3.05, 3.63) is 142 Å². The van der Waals surface area contributed by atoms with Gasteiger partial charge in [-0.05, 0) is 113 Å². The van der Waals surface area contributed by atoms with Gasteiger partial charge in [0.1, 0.15) is 0 Å². The first-order chi connectivity index (χ1) is 20.3. The van der Waals surface area contributed by atoms with Gasteiger partial charge in [0.05, 0.1) is 0 Å². The third kappa shape index (κ3) is 7.42. The molecule has 0 unspecified atom stereocenters. The highest BCUT2D eigenvalue weighted by Gasteiger charge is 2.11. The van der Waals surface area contributed by atoms with Gasteiger partial charge >= 0.3 is 0 Å². The quantitative estimate of drug-likeness (QED) is 0.170. The summed E-state index contributed by atoms with van der Waals surface area (Å²) in [5.74, 6) is 0. The van der Waals surface area contributed by atoms with Crippen molar-refractivity contribution in [2.24, 2.45) is 0 Å². The average Bonchev–Trinajstić information content (AvgIpc) is 2.97. The molecule has 0 bridgehead atoms. The van der Waals surface area contributed by atoms with E-state index >= 15 is 0 Å². The average molecular weight is 557 g/mol. The van der Waals surface area contributed by atoms with Crippen molar-refractivity contribution in [1.82, 2.24) is 0 Å². The maximum absolute atomic E-state index is 2.39. The number of hydrogen-bond acceptors (Lipinski definition) is 2. The Kier molecular flexibility index (Phi) is 10.5. The number of allylic oxidation sites excluding steroid dienone is 2. The molecule has 0 amide bonds. The van der Waals surface area contributed by atoms with E-state index < -0.39 is 0 Å². The Bertz CT molecular complexity index is 1380. The van der Waals surface area contributed by atoms with Crippen LogP contribution >= 0.6 is 0 Å². The highest BCUT2D eigenvalue weighted by Crippen LogP contribution is 2.31. The topological polar surface area (TPSA) is 6.48 Å². The van der Waals surface area contributed by atoms with Gasteiger partial charge in [0, 0.05) is 37.6 Å². The van der Waals surface area contributed by atoms with E-state index in [1.54, 1.807) is 0 Å². The van der Waals surface area contributed by atoms with Crippen molar-refractivity contribution in [2.75, 3.05) is 36.0 Å². The van der Waals surface area contributed by atoms with Crippen molar-refractivity contribution < 1.29 is 0 Å². The van der Waals surface area contributed by atoms with E-state index in [9.17, 15) is 0 Å². The molecule has 218 valence electrons. The van der Waals surface area contributed by atoms with Gasteiger partial charge in [-0.2, -0.15) is 0 Å². The Balaban J connectivity index is 1.91. The minimum absolute atomic E-state index is 1.00. The molecule has 0 aromatic heterocycles. The van der Waals surface area contributed by atoms with Crippen molar-refractivity contribution in [1.29, 1.82) is 0 Å². The first-order valence-electron chi connectivity index (χ1n) is 15.6. The molecule has 4 aromatic carbocycles. The Hall–Kier alpha value is -4.04. The molecule has 0 atom stereocenters. The minimum atomic E-state index is 1.00. The summed E-state index contributed by atoms with van der Waals surface area (Å²) in [7, 11) is 0. The van der Waals surface area contributed by atoms with Crippen LogP contribution in [0, 0.1) is 27.7 Å². The Morgan fingerprint density at radius 3 is 1.00 bits per heavy atom. The van der Waals surface area contributed by atoms with Crippen molar-refractivity contribution in [2.45, 2.75) is 55.4 Å². The SMILES string of the molecule is CCN(CC)c1ccc(C(=CC=C(c2cc(C)cc(C)c2)c2cc(C)cc(C)c2)c2ccc(N(CC)CC)cc2)cc1. The maximum atomic E-state index is 2.39. The molecule has 2 heteroatoms. The molecule has 4 aromatic rings. The molecular formula is C40H48N2. The number of rotatable bonds is 11. The highest BCUT2D eigenvalue weighted by molar-refractivity contribution is 5.87. The van der Waals surface area contributed by atoms with Crippen LogP contribution in [0.25, 0.3) is 11.1 Å². The summed E-state index contributed by atoms with van der Waals surface area (Å²) in [6.45, 7) is 21.6. The summed E-state index contributed by atoms with van der Waals surface area (Å²) >= 11 is 0. The van der Waals surface area contributed by atoms with Crippen LogP contribution in [0.15, 0.2) is 97.1 Å². The Morgan fingerprint density at radius 2 is 0.714 bits per heavy atom. The first-order valence-corrected chi connectivity index (χ1v) is 15.6. The van der Waals surface area contributed by atoms with Gasteiger partial charge in [0.25, 0.3) is 0 Å². The second kappa shape index (κ2) is 14.2. The molecule has 4 rings (SSSR count). The first kappa shape index (κ1) is 30.9. The molecule has 2 nitrogen and oxygen atoms in total. The number of benzene rings is 4. The molecule has 0 heterocycles. The predicted octanol–water partition coefficient (Wildman–Crippen LogP) is 10.2. The summed E-state index contributed by atoms with van der Waals surface area (Å²) < 4.78 is 0. The normalized spacial score (nSPS) is 10.8. The third-order valence-corrected chi connectivity index (χ3v) is 8.10. The zero-order chi connectivity index (χ0) is 30.2. The lowest BCUT2D eigenvalue weighted by Crippen LogP contribution is -2.21. The fourth-order valence-electron chi connectivity index (χ4n) is 6.03. The van der Waals surface area contributed by atoms with Crippen LogP contribution in [0.5, 0.6) is 0 Å². The van der Waals surface area contributed by atoms with E-state index in [1.165, 1.54) is 67.0 Å². The van der Waals surface area contributed by atoms with Crippen molar-refractivity contribution in [3.63, 3.8) is 0 Å². The summed E-state index contributed by atoms with van der Waals surface area (Å²) in [5, 5.41) is 0. The standard InChI is InChI=1S/C40H48N2/c1-9-41(10-2)37-17-13-33(14-18-37)39(34-15-19-38(20-16-34)42(11-3)12-4)21-22-40(35-25-29(5)23-30(6)26-35)36-27-31(7)24-32(8)28-36/h13-28H,9-12H2,1-8H3. The second-order valence-corrected chi connectivity index (χ2v) is 11.4.